The topological polar surface area (TPSA) is 76.1 Å². The number of methoxy groups -OCH3 is 1. The van der Waals surface area contributed by atoms with Gasteiger partial charge in [-0.1, -0.05) is 12.1 Å². The lowest BCUT2D eigenvalue weighted by Crippen LogP contribution is -2.23. The number of hydrogen-bond donors (Lipinski definition) is 2. The third-order valence-corrected chi connectivity index (χ3v) is 3.99. The van der Waals surface area contributed by atoms with Crippen molar-refractivity contribution in [2.45, 2.75) is 6.54 Å². The van der Waals surface area contributed by atoms with Crippen LogP contribution in [0, 0.1) is 0 Å². The summed E-state index contributed by atoms with van der Waals surface area (Å²) in [6.07, 6.45) is 3.40. The minimum Gasteiger partial charge on any atom is -0.497 e. The highest BCUT2D eigenvalue weighted by Crippen LogP contribution is 2.20. The maximum absolute atomic E-state index is 12.2. The van der Waals surface area contributed by atoms with E-state index in [0.29, 0.717) is 17.4 Å². The van der Waals surface area contributed by atoms with Crippen LogP contribution in [-0.4, -0.2) is 23.0 Å². The summed E-state index contributed by atoms with van der Waals surface area (Å²) in [6.45, 7) is 0.416. The van der Waals surface area contributed by atoms with Crippen molar-refractivity contribution < 1.29 is 9.53 Å². The van der Waals surface area contributed by atoms with E-state index in [2.05, 4.69) is 20.6 Å². The second kappa shape index (κ2) is 7.56. The van der Waals surface area contributed by atoms with E-state index in [-0.39, 0.29) is 5.91 Å². The van der Waals surface area contributed by atoms with Crippen molar-refractivity contribution in [2.24, 2.45) is 0 Å². The molecular formula is C17H16N4O2S. The van der Waals surface area contributed by atoms with E-state index in [1.54, 1.807) is 24.9 Å². The fraction of sp³-hybridized carbons (Fsp3) is 0.118. The summed E-state index contributed by atoms with van der Waals surface area (Å²) in [5.74, 6) is 0.548. The molecule has 3 rings (SSSR count). The van der Waals surface area contributed by atoms with Gasteiger partial charge in [0.05, 0.1) is 19.0 Å². The predicted octanol–water partition coefficient (Wildman–Crippen LogP) is 3.22. The number of aromatic nitrogens is 2. The van der Waals surface area contributed by atoms with Crippen molar-refractivity contribution in [1.29, 1.82) is 0 Å². The Bertz CT molecular complexity index is 820. The van der Waals surface area contributed by atoms with Gasteiger partial charge in [-0.2, -0.15) is 0 Å². The third kappa shape index (κ3) is 4.08. The fourth-order valence-corrected chi connectivity index (χ4v) is 2.76. The highest BCUT2D eigenvalue weighted by atomic mass is 32.1. The number of carbonyl (C=O) groups is 1. The number of ether oxygens (including phenoxy) is 1. The highest BCUT2D eigenvalue weighted by molar-refractivity contribution is 7.14. The number of nitrogens with one attached hydrogen (secondary N) is 2. The molecular weight excluding hydrogens is 324 g/mol. The fourth-order valence-electron chi connectivity index (χ4n) is 2.05. The summed E-state index contributed by atoms with van der Waals surface area (Å²) in [4.78, 5) is 20.5. The standard InChI is InChI=1S/C17H16N4O2S/c1-23-14-6-2-4-12(8-14)9-19-16(22)15-11-24-17(21-15)20-13-5-3-7-18-10-13/h2-8,10-11H,9H2,1H3,(H,19,22)(H,20,21). The quantitative estimate of drug-likeness (QED) is 0.720. The molecule has 0 fully saturated rings. The zero-order chi connectivity index (χ0) is 16.8. The van der Waals surface area contributed by atoms with Crippen LogP contribution < -0.4 is 15.4 Å². The molecule has 3 aromatic rings. The Morgan fingerprint density at radius 1 is 1.29 bits per heavy atom. The molecule has 122 valence electrons. The van der Waals surface area contributed by atoms with Crippen LogP contribution in [-0.2, 0) is 6.54 Å². The molecule has 0 atom stereocenters. The monoisotopic (exact) mass is 340 g/mol. The normalized spacial score (nSPS) is 10.2. The molecule has 0 saturated heterocycles. The van der Waals surface area contributed by atoms with Gasteiger partial charge < -0.3 is 15.4 Å². The Hall–Kier alpha value is -2.93. The largest absolute Gasteiger partial charge is 0.497 e. The molecule has 0 aliphatic heterocycles. The first-order valence-corrected chi connectivity index (χ1v) is 8.16. The lowest BCUT2D eigenvalue weighted by atomic mass is 10.2. The van der Waals surface area contributed by atoms with Crippen molar-refractivity contribution >= 4 is 28.1 Å². The maximum atomic E-state index is 12.2. The number of carbonyl (C=O) groups excluding carboxylic acids is 1. The van der Waals surface area contributed by atoms with Gasteiger partial charge in [0.1, 0.15) is 11.4 Å². The number of pyridine rings is 1. The van der Waals surface area contributed by atoms with E-state index in [0.717, 1.165) is 17.0 Å². The van der Waals surface area contributed by atoms with Crippen molar-refractivity contribution in [2.75, 3.05) is 12.4 Å². The minimum atomic E-state index is -0.215. The summed E-state index contributed by atoms with van der Waals surface area (Å²) >= 11 is 1.37. The van der Waals surface area contributed by atoms with Crippen molar-refractivity contribution in [1.82, 2.24) is 15.3 Å². The summed E-state index contributed by atoms with van der Waals surface area (Å²) in [5, 5.41) is 8.34. The first-order chi connectivity index (χ1) is 11.7. The Balaban J connectivity index is 1.59. The smallest absolute Gasteiger partial charge is 0.271 e. The van der Waals surface area contributed by atoms with Gasteiger partial charge in [0, 0.05) is 18.1 Å². The van der Waals surface area contributed by atoms with Gasteiger partial charge in [-0.15, -0.1) is 11.3 Å². The van der Waals surface area contributed by atoms with Gasteiger partial charge in [-0.3, -0.25) is 9.78 Å². The minimum absolute atomic E-state index is 0.215. The van der Waals surface area contributed by atoms with E-state index >= 15 is 0 Å². The van der Waals surface area contributed by atoms with Crippen LogP contribution in [0.25, 0.3) is 0 Å². The van der Waals surface area contributed by atoms with E-state index < -0.39 is 0 Å². The van der Waals surface area contributed by atoms with Gasteiger partial charge in [-0.25, -0.2) is 4.98 Å². The van der Waals surface area contributed by atoms with E-state index in [1.165, 1.54) is 11.3 Å². The lowest BCUT2D eigenvalue weighted by Gasteiger charge is -2.05. The van der Waals surface area contributed by atoms with E-state index in [4.69, 9.17) is 4.74 Å². The number of thiazole rings is 1. The summed E-state index contributed by atoms with van der Waals surface area (Å²) in [7, 11) is 1.61. The molecule has 2 aromatic heterocycles. The predicted molar refractivity (Wildman–Crippen MR) is 93.8 cm³/mol. The first-order valence-electron chi connectivity index (χ1n) is 7.28. The van der Waals surface area contributed by atoms with Crippen LogP contribution in [0.3, 0.4) is 0 Å². The van der Waals surface area contributed by atoms with Crippen molar-refractivity contribution in [3.63, 3.8) is 0 Å². The molecule has 1 aromatic carbocycles. The second-order valence-electron chi connectivity index (χ2n) is 4.94. The zero-order valence-corrected chi connectivity index (χ0v) is 13.8. The number of rotatable bonds is 6. The highest BCUT2D eigenvalue weighted by Gasteiger charge is 2.11. The number of amides is 1. The SMILES string of the molecule is COc1cccc(CNC(=O)c2csc(Nc3cccnc3)n2)c1. The zero-order valence-electron chi connectivity index (χ0n) is 13.0. The number of nitrogens with zero attached hydrogens (tertiary/aromatic N) is 2. The Morgan fingerprint density at radius 3 is 3.00 bits per heavy atom. The Kier molecular flexibility index (Phi) is 5.02. The van der Waals surface area contributed by atoms with E-state index in [1.807, 2.05) is 36.4 Å². The molecule has 0 spiro atoms. The van der Waals surface area contributed by atoms with Crippen LogP contribution in [0.5, 0.6) is 5.75 Å². The lowest BCUT2D eigenvalue weighted by molar-refractivity contribution is 0.0946. The summed E-state index contributed by atoms with van der Waals surface area (Å²) < 4.78 is 5.17. The van der Waals surface area contributed by atoms with Gasteiger partial charge >= 0.3 is 0 Å². The average molecular weight is 340 g/mol. The molecule has 0 saturated carbocycles. The van der Waals surface area contributed by atoms with E-state index in [9.17, 15) is 4.79 Å². The maximum Gasteiger partial charge on any atom is 0.271 e. The number of benzene rings is 1. The summed E-state index contributed by atoms with van der Waals surface area (Å²) in [5.41, 5.74) is 2.18. The van der Waals surface area contributed by atoms with Gasteiger partial charge in [-0.05, 0) is 29.8 Å². The number of anilines is 2. The molecule has 0 radical (unpaired) electrons. The van der Waals surface area contributed by atoms with Crippen LogP contribution in [0.15, 0.2) is 54.2 Å². The molecule has 2 N–H and O–H groups in total. The first kappa shape index (κ1) is 15.9. The third-order valence-electron chi connectivity index (χ3n) is 3.24. The van der Waals surface area contributed by atoms with Gasteiger partial charge in [0.15, 0.2) is 5.13 Å². The molecule has 0 bridgehead atoms. The molecule has 0 aliphatic carbocycles. The molecule has 1 amide bonds. The van der Waals surface area contributed by atoms with Crippen LogP contribution in [0.4, 0.5) is 10.8 Å². The summed E-state index contributed by atoms with van der Waals surface area (Å²) in [6, 6.07) is 11.3. The Labute approximate surface area is 143 Å². The van der Waals surface area contributed by atoms with Gasteiger partial charge in [0.2, 0.25) is 0 Å². The van der Waals surface area contributed by atoms with Crippen molar-refractivity contribution in [3.8, 4) is 5.75 Å². The Morgan fingerprint density at radius 2 is 2.21 bits per heavy atom. The molecule has 0 aliphatic rings. The van der Waals surface area contributed by atoms with Crippen LogP contribution >= 0.6 is 11.3 Å². The second-order valence-corrected chi connectivity index (χ2v) is 5.80. The molecule has 6 nitrogen and oxygen atoms in total. The average Bonchev–Trinajstić information content (AvgIpc) is 3.09. The van der Waals surface area contributed by atoms with Crippen LogP contribution in [0.2, 0.25) is 0 Å². The molecule has 24 heavy (non-hydrogen) atoms. The van der Waals surface area contributed by atoms with Crippen molar-refractivity contribution in [3.05, 3.63) is 65.4 Å². The molecule has 2 heterocycles. The molecule has 0 unspecified atom stereocenters. The van der Waals surface area contributed by atoms with Gasteiger partial charge in [0.25, 0.3) is 5.91 Å². The van der Waals surface area contributed by atoms with Crippen LogP contribution in [0.1, 0.15) is 16.1 Å². The molecule has 7 heteroatoms. The number of hydrogen-bond acceptors (Lipinski definition) is 6.